The number of rotatable bonds is 3. The number of hydrogen-bond donors (Lipinski definition) is 1. The van der Waals surface area contributed by atoms with Crippen LogP contribution in [0.5, 0.6) is 5.75 Å². The van der Waals surface area contributed by atoms with Crippen molar-refractivity contribution in [1.29, 1.82) is 10.5 Å². The highest BCUT2D eigenvalue weighted by Crippen LogP contribution is 2.25. The maximum atomic E-state index is 12.1. The normalized spacial score (nSPS) is 9.29. The van der Waals surface area contributed by atoms with Crippen molar-refractivity contribution in [3.05, 3.63) is 53.3 Å². The summed E-state index contributed by atoms with van der Waals surface area (Å²) in [6.45, 7) is 0. The number of aromatic nitrogens is 1. The van der Waals surface area contributed by atoms with Gasteiger partial charge in [0.2, 0.25) is 0 Å². The number of pyridine rings is 1. The van der Waals surface area contributed by atoms with Crippen LogP contribution in [0.3, 0.4) is 0 Å². The Morgan fingerprint density at radius 3 is 2.48 bits per heavy atom. The van der Waals surface area contributed by atoms with Gasteiger partial charge in [0.1, 0.15) is 17.5 Å². The molecule has 0 spiro atoms. The van der Waals surface area contributed by atoms with E-state index in [-0.39, 0.29) is 5.69 Å². The first-order chi connectivity index (χ1) is 10.2. The first-order valence-corrected chi connectivity index (χ1v) is 5.93. The van der Waals surface area contributed by atoms with Crippen molar-refractivity contribution in [2.24, 2.45) is 0 Å². The molecular weight excluding hydrogens is 268 g/mol. The highest BCUT2D eigenvalue weighted by atomic mass is 16.5. The molecule has 2 aromatic rings. The summed E-state index contributed by atoms with van der Waals surface area (Å²) in [6.07, 6.45) is 1.32. The average Bonchev–Trinajstić information content (AvgIpc) is 2.55. The fourth-order valence-corrected chi connectivity index (χ4v) is 1.64. The van der Waals surface area contributed by atoms with E-state index >= 15 is 0 Å². The minimum atomic E-state index is -0.428. The standard InChI is InChI=1S/C15H10N4O2/c1-21-14-6-10(7-16)2-4-12(14)19-15(20)13-5-3-11(8-17)9-18-13/h2-6,9H,1H3,(H,19,20). The third-order valence-electron chi connectivity index (χ3n) is 2.70. The van der Waals surface area contributed by atoms with Gasteiger partial charge in [0.25, 0.3) is 5.91 Å². The summed E-state index contributed by atoms with van der Waals surface area (Å²) in [7, 11) is 1.45. The Hall–Kier alpha value is -3.38. The van der Waals surface area contributed by atoms with Crippen LogP contribution in [0, 0.1) is 22.7 Å². The van der Waals surface area contributed by atoms with Crippen molar-refractivity contribution in [2.75, 3.05) is 12.4 Å². The van der Waals surface area contributed by atoms with Crippen LogP contribution in [0.1, 0.15) is 21.6 Å². The second kappa shape index (κ2) is 6.18. The van der Waals surface area contributed by atoms with Crippen molar-refractivity contribution in [3.63, 3.8) is 0 Å². The number of amides is 1. The lowest BCUT2D eigenvalue weighted by molar-refractivity contribution is 0.102. The number of hydrogen-bond acceptors (Lipinski definition) is 5. The van der Waals surface area contributed by atoms with Crippen molar-refractivity contribution in [1.82, 2.24) is 4.98 Å². The Bertz CT molecular complexity index is 755. The maximum Gasteiger partial charge on any atom is 0.274 e. The molecule has 0 unspecified atom stereocenters. The Kier molecular flexibility index (Phi) is 4.13. The van der Waals surface area contributed by atoms with Gasteiger partial charge in [0, 0.05) is 12.3 Å². The van der Waals surface area contributed by atoms with Crippen LogP contribution in [0.2, 0.25) is 0 Å². The van der Waals surface area contributed by atoms with Gasteiger partial charge < -0.3 is 10.1 Å². The summed E-state index contributed by atoms with van der Waals surface area (Å²) in [6, 6.07) is 11.6. The smallest absolute Gasteiger partial charge is 0.274 e. The first-order valence-electron chi connectivity index (χ1n) is 5.93. The summed E-state index contributed by atoms with van der Waals surface area (Å²) in [4.78, 5) is 16.0. The fraction of sp³-hybridized carbons (Fsp3) is 0.0667. The molecule has 0 bridgehead atoms. The van der Waals surface area contributed by atoms with E-state index in [2.05, 4.69) is 10.3 Å². The molecule has 0 aliphatic carbocycles. The second-order valence-corrected chi connectivity index (χ2v) is 4.02. The number of ether oxygens (including phenoxy) is 1. The quantitative estimate of drug-likeness (QED) is 0.926. The third kappa shape index (κ3) is 3.14. The van der Waals surface area contributed by atoms with Gasteiger partial charge >= 0.3 is 0 Å². The van der Waals surface area contributed by atoms with E-state index in [4.69, 9.17) is 15.3 Å². The Morgan fingerprint density at radius 2 is 1.90 bits per heavy atom. The topological polar surface area (TPSA) is 98.8 Å². The number of nitrogens with one attached hydrogen (secondary N) is 1. The van der Waals surface area contributed by atoms with E-state index in [1.165, 1.54) is 31.5 Å². The van der Waals surface area contributed by atoms with Crippen LogP contribution in [0.4, 0.5) is 5.69 Å². The SMILES string of the molecule is COc1cc(C#N)ccc1NC(=O)c1ccc(C#N)cn1. The van der Waals surface area contributed by atoms with Crippen LogP contribution in [0.25, 0.3) is 0 Å². The predicted octanol–water partition coefficient (Wildman–Crippen LogP) is 2.09. The summed E-state index contributed by atoms with van der Waals surface area (Å²) in [5, 5.41) is 20.2. The van der Waals surface area contributed by atoms with E-state index in [0.29, 0.717) is 22.6 Å². The van der Waals surface area contributed by atoms with Gasteiger partial charge in [-0.2, -0.15) is 10.5 Å². The summed E-state index contributed by atoms with van der Waals surface area (Å²) >= 11 is 0. The van der Waals surface area contributed by atoms with Gasteiger partial charge in [-0.25, -0.2) is 4.98 Å². The molecule has 0 fully saturated rings. The number of benzene rings is 1. The second-order valence-electron chi connectivity index (χ2n) is 4.02. The Morgan fingerprint density at radius 1 is 1.19 bits per heavy atom. The molecule has 102 valence electrons. The largest absolute Gasteiger partial charge is 0.495 e. The molecule has 1 heterocycles. The third-order valence-corrected chi connectivity index (χ3v) is 2.70. The van der Waals surface area contributed by atoms with E-state index < -0.39 is 5.91 Å². The number of carbonyl (C=O) groups excluding carboxylic acids is 1. The summed E-state index contributed by atoms with van der Waals surface area (Å²) in [5.41, 5.74) is 1.43. The van der Waals surface area contributed by atoms with Crippen molar-refractivity contribution in [3.8, 4) is 17.9 Å². The van der Waals surface area contributed by atoms with Crippen LogP contribution in [-0.2, 0) is 0 Å². The number of nitrogens with zero attached hydrogens (tertiary/aromatic N) is 3. The minimum Gasteiger partial charge on any atom is -0.495 e. The van der Waals surface area contributed by atoms with E-state index in [0.717, 1.165) is 0 Å². The zero-order valence-electron chi connectivity index (χ0n) is 11.1. The highest BCUT2D eigenvalue weighted by Gasteiger charge is 2.11. The maximum absolute atomic E-state index is 12.1. The van der Waals surface area contributed by atoms with Crippen molar-refractivity contribution in [2.45, 2.75) is 0 Å². The molecular formula is C15H10N4O2. The van der Waals surface area contributed by atoms with Crippen LogP contribution < -0.4 is 10.1 Å². The number of nitriles is 2. The molecule has 0 radical (unpaired) electrons. The lowest BCUT2D eigenvalue weighted by atomic mass is 10.2. The highest BCUT2D eigenvalue weighted by molar-refractivity contribution is 6.03. The molecule has 0 atom stereocenters. The molecule has 21 heavy (non-hydrogen) atoms. The lowest BCUT2D eigenvalue weighted by Crippen LogP contribution is -2.14. The fourth-order valence-electron chi connectivity index (χ4n) is 1.64. The van der Waals surface area contributed by atoms with Crippen molar-refractivity contribution >= 4 is 11.6 Å². The molecule has 1 aromatic heterocycles. The van der Waals surface area contributed by atoms with Gasteiger partial charge in [-0.05, 0) is 24.3 Å². The van der Waals surface area contributed by atoms with Crippen LogP contribution >= 0.6 is 0 Å². The van der Waals surface area contributed by atoms with E-state index in [1.54, 1.807) is 12.1 Å². The molecule has 0 saturated heterocycles. The molecule has 0 saturated carbocycles. The molecule has 1 amide bonds. The van der Waals surface area contributed by atoms with Crippen molar-refractivity contribution < 1.29 is 9.53 Å². The molecule has 0 aliphatic rings. The lowest BCUT2D eigenvalue weighted by Gasteiger charge is -2.10. The van der Waals surface area contributed by atoms with Gasteiger partial charge in [0.15, 0.2) is 0 Å². The summed E-state index contributed by atoms with van der Waals surface area (Å²) < 4.78 is 5.13. The summed E-state index contributed by atoms with van der Waals surface area (Å²) in [5.74, 6) is -0.0430. The molecule has 6 nitrogen and oxygen atoms in total. The zero-order valence-corrected chi connectivity index (χ0v) is 11.1. The van der Waals surface area contributed by atoms with E-state index in [1.807, 2.05) is 12.1 Å². The van der Waals surface area contributed by atoms with Crippen LogP contribution in [-0.4, -0.2) is 18.0 Å². The molecule has 2 rings (SSSR count). The molecule has 1 aromatic carbocycles. The molecule has 1 N–H and O–H groups in total. The Labute approximate surface area is 121 Å². The number of anilines is 1. The Balaban J connectivity index is 2.23. The number of carbonyl (C=O) groups is 1. The average molecular weight is 278 g/mol. The molecule has 6 heteroatoms. The van der Waals surface area contributed by atoms with Gasteiger partial charge in [-0.15, -0.1) is 0 Å². The zero-order chi connectivity index (χ0) is 15.2. The minimum absolute atomic E-state index is 0.181. The van der Waals surface area contributed by atoms with Gasteiger partial charge in [-0.1, -0.05) is 0 Å². The van der Waals surface area contributed by atoms with Gasteiger partial charge in [-0.3, -0.25) is 4.79 Å². The van der Waals surface area contributed by atoms with Crippen LogP contribution in [0.15, 0.2) is 36.5 Å². The number of methoxy groups -OCH3 is 1. The first kappa shape index (κ1) is 14.0. The van der Waals surface area contributed by atoms with E-state index in [9.17, 15) is 4.79 Å². The molecule has 0 aliphatic heterocycles. The van der Waals surface area contributed by atoms with Gasteiger partial charge in [0.05, 0.1) is 30.0 Å². The predicted molar refractivity (Wildman–Crippen MR) is 74.6 cm³/mol. The monoisotopic (exact) mass is 278 g/mol.